The van der Waals surface area contributed by atoms with Crippen LogP contribution in [-0.2, 0) is 0 Å². The molecule has 1 heterocycles. The molecule has 5 heteroatoms. The van der Waals surface area contributed by atoms with Crippen molar-refractivity contribution in [3.63, 3.8) is 0 Å². The van der Waals surface area contributed by atoms with Crippen molar-refractivity contribution in [2.45, 2.75) is 6.92 Å². The van der Waals surface area contributed by atoms with Gasteiger partial charge in [0.15, 0.2) is 0 Å². The fraction of sp³-hybridized carbons (Fsp3) is 0.0909. The van der Waals surface area contributed by atoms with E-state index in [1.165, 1.54) is 0 Å². The molecule has 1 aromatic heterocycles. The number of carbonyl (C=O) groups is 1. The summed E-state index contributed by atoms with van der Waals surface area (Å²) >= 11 is 3.31. The Morgan fingerprint density at radius 1 is 1.44 bits per heavy atom. The number of aromatic nitrogens is 1. The number of hydrogen-bond acceptors (Lipinski definition) is 2. The second-order valence-corrected chi connectivity index (χ2v) is 4.36. The number of halogens is 1. The number of aromatic carboxylic acids is 1. The van der Waals surface area contributed by atoms with E-state index in [1.54, 1.807) is 25.1 Å². The predicted octanol–water partition coefficient (Wildman–Crippen LogP) is 2.30. The number of carboxylic acid groups (broad SMARTS) is 1. The largest absolute Gasteiger partial charge is 0.477 e. The van der Waals surface area contributed by atoms with E-state index in [0.717, 1.165) is 9.86 Å². The Morgan fingerprint density at radius 2 is 2.12 bits per heavy atom. The Hall–Kier alpha value is -1.62. The van der Waals surface area contributed by atoms with Gasteiger partial charge < -0.3 is 10.1 Å². The Labute approximate surface area is 99.0 Å². The highest BCUT2D eigenvalue weighted by molar-refractivity contribution is 9.10. The van der Waals surface area contributed by atoms with Crippen molar-refractivity contribution in [2.75, 3.05) is 0 Å². The van der Waals surface area contributed by atoms with Crippen LogP contribution in [0, 0.1) is 6.92 Å². The summed E-state index contributed by atoms with van der Waals surface area (Å²) in [6.45, 7) is 1.63. The molecule has 2 rings (SSSR count). The van der Waals surface area contributed by atoms with Gasteiger partial charge >= 0.3 is 5.97 Å². The molecule has 0 saturated heterocycles. The normalized spacial score (nSPS) is 10.6. The number of rotatable bonds is 1. The highest BCUT2D eigenvalue weighted by Crippen LogP contribution is 2.21. The maximum Gasteiger partial charge on any atom is 0.341 e. The van der Waals surface area contributed by atoms with Gasteiger partial charge in [-0.05, 0) is 30.7 Å². The Balaban J connectivity index is 2.96. The van der Waals surface area contributed by atoms with E-state index in [0.29, 0.717) is 11.1 Å². The monoisotopic (exact) mass is 281 g/mol. The Bertz CT molecular complexity index is 645. The summed E-state index contributed by atoms with van der Waals surface area (Å²) < 4.78 is 0.839. The molecule has 0 atom stereocenters. The standard InChI is InChI=1S/C11H8BrNO3/c1-5-7-4-6(12)2-3-8(7)13-10(14)9(5)11(15)16/h2-4H,1H3,(H,13,14)(H,15,16). The van der Waals surface area contributed by atoms with E-state index in [2.05, 4.69) is 20.9 Å². The topological polar surface area (TPSA) is 70.2 Å². The zero-order valence-electron chi connectivity index (χ0n) is 8.37. The fourth-order valence-electron chi connectivity index (χ4n) is 1.68. The fourth-order valence-corrected chi connectivity index (χ4v) is 2.04. The summed E-state index contributed by atoms with van der Waals surface area (Å²) in [5, 5.41) is 9.67. The Kier molecular flexibility index (Phi) is 2.55. The van der Waals surface area contributed by atoms with Crippen LogP contribution in [0.25, 0.3) is 10.9 Å². The van der Waals surface area contributed by atoms with Crippen LogP contribution in [0.3, 0.4) is 0 Å². The van der Waals surface area contributed by atoms with Crippen LogP contribution >= 0.6 is 15.9 Å². The van der Waals surface area contributed by atoms with Crippen LogP contribution < -0.4 is 5.56 Å². The quantitative estimate of drug-likeness (QED) is 0.843. The highest BCUT2D eigenvalue weighted by Gasteiger charge is 2.15. The van der Waals surface area contributed by atoms with Gasteiger partial charge in [0.05, 0.1) is 0 Å². The molecule has 0 aliphatic rings. The molecule has 82 valence electrons. The first-order valence-electron chi connectivity index (χ1n) is 4.56. The minimum atomic E-state index is -1.21. The first-order valence-corrected chi connectivity index (χ1v) is 5.35. The van der Waals surface area contributed by atoms with Crippen molar-refractivity contribution >= 4 is 32.8 Å². The third-order valence-electron chi connectivity index (χ3n) is 2.45. The lowest BCUT2D eigenvalue weighted by Crippen LogP contribution is -2.19. The van der Waals surface area contributed by atoms with E-state index in [1.807, 2.05) is 0 Å². The van der Waals surface area contributed by atoms with Crippen LogP contribution in [-0.4, -0.2) is 16.1 Å². The van der Waals surface area contributed by atoms with Crippen LogP contribution in [0.1, 0.15) is 15.9 Å². The van der Waals surface area contributed by atoms with Gasteiger partial charge in [0.1, 0.15) is 5.56 Å². The van der Waals surface area contributed by atoms with E-state index < -0.39 is 11.5 Å². The number of carboxylic acids is 1. The van der Waals surface area contributed by atoms with Crippen molar-refractivity contribution in [1.82, 2.24) is 4.98 Å². The van der Waals surface area contributed by atoms with Crippen molar-refractivity contribution in [3.05, 3.63) is 44.2 Å². The SMILES string of the molecule is Cc1c(C(=O)O)c(=O)[nH]c2ccc(Br)cc12. The molecule has 2 aromatic rings. The van der Waals surface area contributed by atoms with Crippen LogP contribution in [0.4, 0.5) is 0 Å². The molecule has 16 heavy (non-hydrogen) atoms. The first kappa shape index (κ1) is 10.9. The summed E-state index contributed by atoms with van der Waals surface area (Å²) in [5.41, 5.74) is 0.341. The summed E-state index contributed by atoms with van der Waals surface area (Å²) in [4.78, 5) is 25.0. The van der Waals surface area contributed by atoms with Crippen LogP contribution in [0.5, 0.6) is 0 Å². The zero-order valence-corrected chi connectivity index (χ0v) is 9.96. The predicted molar refractivity (Wildman–Crippen MR) is 64.0 cm³/mol. The number of nitrogens with one attached hydrogen (secondary N) is 1. The van der Waals surface area contributed by atoms with E-state index in [-0.39, 0.29) is 5.56 Å². The maximum absolute atomic E-state index is 11.5. The molecular weight excluding hydrogens is 274 g/mol. The molecule has 0 spiro atoms. The molecule has 2 N–H and O–H groups in total. The molecule has 1 aromatic carbocycles. The van der Waals surface area contributed by atoms with Gasteiger partial charge in [0, 0.05) is 15.4 Å². The van der Waals surface area contributed by atoms with E-state index >= 15 is 0 Å². The minimum Gasteiger partial charge on any atom is -0.477 e. The van der Waals surface area contributed by atoms with Crippen molar-refractivity contribution in [1.29, 1.82) is 0 Å². The molecule has 0 saturated carbocycles. The molecule has 0 aliphatic carbocycles. The lowest BCUT2D eigenvalue weighted by atomic mass is 10.1. The van der Waals surface area contributed by atoms with Crippen LogP contribution in [0.15, 0.2) is 27.5 Å². The van der Waals surface area contributed by atoms with Crippen molar-refractivity contribution in [2.24, 2.45) is 0 Å². The van der Waals surface area contributed by atoms with Gasteiger partial charge in [0.2, 0.25) is 0 Å². The number of H-pyrrole nitrogens is 1. The summed E-state index contributed by atoms with van der Waals surface area (Å²) in [5.74, 6) is -1.21. The molecule has 0 aliphatic heterocycles. The second kappa shape index (κ2) is 3.75. The van der Waals surface area contributed by atoms with Gasteiger partial charge in [-0.15, -0.1) is 0 Å². The average molecular weight is 282 g/mol. The van der Waals surface area contributed by atoms with Crippen LogP contribution in [0.2, 0.25) is 0 Å². The van der Waals surface area contributed by atoms with Crippen molar-refractivity contribution < 1.29 is 9.90 Å². The minimum absolute atomic E-state index is 0.203. The summed E-state index contributed by atoms with van der Waals surface area (Å²) in [6, 6.07) is 5.31. The zero-order chi connectivity index (χ0) is 11.9. The van der Waals surface area contributed by atoms with Gasteiger partial charge in [-0.1, -0.05) is 15.9 Å². The van der Waals surface area contributed by atoms with E-state index in [9.17, 15) is 9.59 Å². The number of aromatic amines is 1. The maximum atomic E-state index is 11.5. The molecule has 0 bridgehead atoms. The van der Waals surface area contributed by atoms with Gasteiger partial charge in [0.25, 0.3) is 5.56 Å². The molecule has 0 unspecified atom stereocenters. The van der Waals surface area contributed by atoms with Crippen molar-refractivity contribution in [3.8, 4) is 0 Å². The number of pyridine rings is 1. The summed E-state index contributed by atoms with van der Waals surface area (Å²) in [6.07, 6.45) is 0. The van der Waals surface area contributed by atoms with E-state index in [4.69, 9.17) is 5.11 Å². The number of benzene rings is 1. The smallest absolute Gasteiger partial charge is 0.341 e. The number of hydrogen-bond donors (Lipinski definition) is 2. The number of fused-ring (bicyclic) bond motifs is 1. The third-order valence-corrected chi connectivity index (χ3v) is 2.94. The van der Waals surface area contributed by atoms with Gasteiger partial charge in [-0.3, -0.25) is 4.79 Å². The lowest BCUT2D eigenvalue weighted by molar-refractivity contribution is 0.0694. The number of aryl methyl sites for hydroxylation is 1. The highest BCUT2D eigenvalue weighted by atomic mass is 79.9. The third kappa shape index (κ3) is 1.63. The lowest BCUT2D eigenvalue weighted by Gasteiger charge is -2.05. The van der Waals surface area contributed by atoms with Gasteiger partial charge in [-0.2, -0.15) is 0 Å². The Morgan fingerprint density at radius 3 is 2.75 bits per heavy atom. The summed E-state index contributed by atoms with van der Waals surface area (Å²) in [7, 11) is 0. The molecular formula is C11H8BrNO3. The van der Waals surface area contributed by atoms with Gasteiger partial charge in [-0.25, -0.2) is 4.79 Å². The molecule has 4 nitrogen and oxygen atoms in total. The average Bonchev–Trinajstić information content (AvgIpc) is 2.19. The first-order chi connectivity index (χ1) is 7.50. The second-order valence-electron chi connectivity index (χ2n) is 3.45. The molecule has 0 radical (unpaired) electrons. The molecule has 0 fully saturated rings. The molecule has 0 amide bonds.